The molecule has 4 nitrogen and oxygen atoms in total. The van der Waals surface area contributed by atoms with Gasteiger partial charge >= 0.3 is 6.03 Å². The van der Waals surface area contributed by atoms with Crippen LogP contribution in [0.5, 0.6) is 0 Å². The van der Waals surface area contributed by atoms with Crippen molar-refractivity contribution in [3.05, 3.63) is 21.3 Å². The zero-order chi connectivity index (χ0) is 15.2. The Labute approximate surface area is 138 Å². The summed E-state index contributed by atoms with van der Waals surface area (Å²) in [6, 6.07) is 3.57. The van der Waals surface area contributed by atoms with Gasteiger partial charge in [-0.1, -0.05) is 18.5 Å². The normalized spacial score (nSPS) is 23.0. The predicted molar refractivity (Wildman–Crippen MR) is 90.4 cm³/mol. The Hall–Kier alpha value is -0.430. The van der Waals surface area contributed by atoms with Crippen LogP contribution in [-0.4, -0.2) is 34.7 Å². The molecule has 1 aliphatic carbocycles. The van der Waals surface area contributed by atoms with Gasteiger partial charge in [0.1, 0.15) is 6.10 Å². The quantitative estimate of drug-likeness (QED) is 0.738. The number of rotatable bonds is 6. The van der Waals surface area contributed by atoms with Gasteiger partial charge in [-0.05, 0) is 37.1 Å². The second-order valence-corrected chi connectivity index (χ2v) is 8.42. The second-order valence-electron chi connectivity index (χ2n) is 5.10. The van der Waals surface area contributed by atoms with Crippen LogP contribution in [0.3, 0.4) is 0 Å². The Bertz CT molecular complexity index is 470. The molecule has 2 rings (SSSR count). The molecule has 0 saturated heterocycles. The summed E-state index contributed by atoms with van der Waals surface area (Å²) in [4.78, 5) is 12.6. The molecule has 0 aromatic carbocycles. The van der Waals surface area contributed by atoms with E-state index in [0.29, 0.717) is 9.59 Å². The third-order valence-corrected chi connectivity index (χ3v) is 6.07. The fourth-order valence-electron chi connectivity index (χ4n) is 2.49. The SMILES string of the molecule is CCSC1CCC(NC(=O)NCC(O)c2ccc(Cl)s2)C1. The van der Waals surface area contributed by atoms with E-state index < -0.39 is 6.10 Å². The van der Waals surface area contributed by atoms with Crippen molar-refractivity contribution in [1.82, 2.24) is 10.6 Å². The Kier molecular flexibility index (Phi) is 6.67. The van der Waals surface area contributed by atoms with Gasteiger partial charge in [-0.2, -0.15) is 11.8 Å². The largest absolute Gasteiger partial charge is 0.386 e. The number of thioether (sulfide) groups is 1. The fourth-order valence-corrected chi connectivity index (χ4v) is 4.68. The number of urea groups is 1. The number of aliphatic hydroxyl groups excluding tert-OH is 1. The van der Waals surface area contributed by atoms with Crippen molar-refractivity contribution in [1.29, 1.82) is 0 Å². The van der Waals surface area contributed by atoms with E-state index in [9.17, 15) is 9.90 Å². The lowest BCUT2D eigenvalue weighted by molar-refractivity contribution is 0.176. The minimum Gasteiger partial charge on any atom is -0.386 e. The van der Waals surface area contributed by atoms with Crippen LogP contribution < -0.4 is 10.6 Å². The van der Waals surface area contributed by atoms with Crippen molar-refractivity contribution in [2.75, 3.05) is 12.3 Å². The smallest absolute Gasteiger partial charge is 0.315 e. The minimum absolute atomic E-state index is 0.197. The highest BCUT2D eigenvalue weighted by Crippen LogP contribution is 2.29. The molecule has 3 unspecified atom stereocenters. The number of aliphatic hydroxyl groups is 1. The second kappa shape index (κ2) is 8.27. The van der Waals surface area contributed by atoms with Crippen molar-refractivity contribution >= 4 is 40.7 Å². The zero-order valence-electron chi connectivity index (χ0n) is 12.0. The molecular weight excluding hydrogens is 328 g/mol. The van der Waals surface area contributed by atoms with E-state index >= 15 is 0 Å². The minimum atomic E-state index is -0.708. The number of amides is 2. The first kappa shape index (κ1) is 16.9. The topological polar surface area (TPSA) is 61.4 Å². The van der Waals surface area contributed by atoms with E-state index in [0.717, 1.165) is 23.5 Å². The number of thiophene rings is 1. The van der Waals surface area contributed by atoms with Gasteiger partial charge in [0.2, 0.25) is 0 Å². The van der Waals surface area contributed by atoms with Crippen LogP contribution in [0.2, 0.25) is 4.34 Å². The Morgan fingerprint density at radius 2 is 2.38 bits per heavy atom. The highest BCUT2D eigenvalue weighted by atomic mass is 35.5. The van der Waals surface area contributed by atoms with Crippen LogP contribution in [0.4, 0.5) is 4.79 Å². The third-order valence-electron chi connectivity index (χ3n) is 3.50. The van der Waals surface area contributed by atoms with Crippen LogP contribution in [0.15, 0.2) is 12.1 Å². The monoisotopic (exact) mass is 348 g/mol. The standard InChI is InChI=1S/C14H21ClN2O2S2/c1-2-20-10-4-3-9(7-10)17-14(19)16-8-11(18)12-5-6-13(15)21-12/h5-6,9-11,18H,2-4,7-8H2,1H3,(H2,16,17,19). The van der Waals surface area contributed by atoms with E-state index in [2.05, 4.69) is 17.6 Å². The highest BCUT2D eigenvalue weighted by molar-refractivity contribution is 7.99. The first-order valence-corrected chi connectivity index (χ1v) is 9.42. The highest BCUT2D eigenvalue weighted by Gasteiger charge is 2.25. The van der Waals surface area contributed by atoms with Crippen molar-refractivity contribution in [3.8, 4) is 0 Å². The van der Waals surface area contributed by atoms with Crippen molar-refractivity contribution in [2.24, 2.45) is 0 Å². The van der Waals surface area contributed by atoms with E-state index in [1.54, 1.807) is 12.1 Å². The summed E-state index contributed by atoms with van der Waals surface area (Å²) in [6.45, 7) is 2.36. The van der Waals surface area contributed by atoms with Crippen molar-refractivity contribution < 1.29 is 9.90 Å². The van der Waals surface area contributed by atoms with E-state index in [-0.39, 0.29) is 18.6 Å². The molecule has 0 aliphatic heterocycles. The maximum absolute atomic E-state index is 11.8. The van der Waals surface area contributed by atoms with Gasteiger partial charge in [-0.25, -0.2) is 4.79 Å². The number of carbonyl (C=O) groups excluding carboxylic acids is 1. The lowest BCUT2D eigenvalue weighted by Gasteiger charge is -2.15. The van der Waals surface area contributed by atoms with Crippen LogP contribution in [0, 0.1) is 0 Å². The molecule has 1 aliphatic rings. The predicted octanol–water partition coefficient (Wildman–Crippen LogP) is 3.41. The van der Waals surface area contributed by atoms with E-state index in [4.69, 9.17) is 11.6 Å². The first-order chi connectivity index (χ1) is 10.1. The molecule has 0 bridgehead atoms. The Morgan fingerprint density at radius 1 is 1.57 bits per heavy atom. The van der Waals surface area contributed by atoms with Gasteiger partial charge in [0.25, 0.3) is 0 Å². The molecule has 3 atom stereocenters. The maximum Gasteiger partial charge on any atom is 0.315 e. The summed E-state index contributed by atoms with van der Waals surface area (Å²) in [7, 11) is 0. The number of nitrogens with one attached hydrogen (secondary N) is 2. The molecule has 0 spiro atoms. The summed E-state index contributed by atoms with van der Waals surface area (Å²) >= 11 is 9.12. The maximum atomic E-state index is 11.8. The Morgan fingerprint density at radius 3 is 3.05 bits per heavy atom. The van der Waals surface area contributed by atoms with Crippen molar-refractivity contribution in [2.45, 2.75) is 43.6 Å². The molecule has 1 saturated carbocycles. The summed E-state index contributed by atoms with van der Waals surface area (Å²) in [5.41, 5.74) is 0. The molecule has 0 radical (unpaired) electrons. The van der Waals surface area contributed by atoms with Gasteiger partial charge in [-0.15, -0.1) is 11.3 Å². The van der Waals surface area contributed by atoms with Gasteiger partial charge in [0.05, 0.1) is 10.9 Å². The molecule has 1 fully saturated rings. The lowest BCUT2D eigenvalue weighted by atomic mass is 10.2. The summed E-state index contributed by atoms with van der Waals surface area (Å²) in [6.07, 6.45) is 2.53. The van der Waals surface area contributed by atoms with Crippen LogP contribution >= 0.6 is 34.7 Å². The molecule has 3 N–H and O–H groups in total. The van der Waals surface area contributed by atoms with Crippen LogP contribution in [-0.2, 0) is 0 Å². The van der Waals surface area contributed by atoms with Gasteiger partial charge in [0.15, 0.2) is 0 Å². The zero-order valence-corrected chi connectivity index (χ0v) is 14.4. The van der Waals surface area contributed by atoms with Crippen molar-refractivity contribution in [3.63, 3.8) is 0 Å². The summed E-state index contributed by atoms with van der Waals surface area (Å²) < 4.78 is 0.638. The Balaban J connectivity index is 1.68. The summed E-state index contributed by atoms with van der Waals surface area (Å²) in [5.74, 6) is 1.12. The molecule has 21 heavy (non-hydrogen) atoms. The van der Waals surface area contributed by atoms with Crippen LogP contribution in [0.25, 0.3) is 0 Å². The number of halogens is 1. The van der Waals surface area contributed by atoms with Gasteiger partial charge in [-0.3, -0.25) is 0 Å². The summed E-state index contributed by atoms with van der Waals surface area (Å²) in [5, 5.41) is 16.3. The molecule has 1 heterocycles. The van der Waals surface area contributed by atoms with E-state index in [1.807, 2.05) is 11.8 Å². The average molecular weight is 349 g/mol. The fraction of sp³-hybridized carbons (Fsp3) is 0.643. The van der Waals surface area contributed by atoms with E-state index in [1.165, 1.54) is 17.8 Å². The molecule has 1 aromatic rings. The molecule has 118 valence electrons. The third kappa shape index (κ3) is 5.36. The van der Waals surface area contributed by atoms with Crippen LogP contribution in [0.1, 0.15) is 37.2 Å². The van der Waals surface area contributed by atoms with Gasteiger partial charge in [0, 0.05) is 16.2 Å². The lowest BCUT2D eigenvalue weighted by Crippen LogP contribution is -2.42. The molecule has 7 heteroatoms. The number of carbonyl (C=O) groups is 1. The first-order valence-electron chi connectivity index (χ1n) is 7.17. The average Bonchev–Trinajstić information content (AvgIpc) is 3.06. The number of hydrogen-bond donors (Lipinski definition) is 3. The number of hydrogen-bond acceptors (Lipinski definition) is 4. The molecule has 2 amide bonds. The molecule has 1 aromatic heterocycles. The molecular formula is C14H21ClN2O2S2. The van der Waals surface area contributed by atoms with Gasteiger partial charge < -0.3 is 15.7 Å².